The van der Waals surface area contributed by atoms with E-state index in [0.29, 0.717) is 12.5 Å². The van der Waals surface area contributed by atoms with E-state index in [9.17, 15) is 4.79 Å². The molecule has 2 rings (SSSR count). The van der Waals surface area contributed by atoms with Gasteiger partial charge in [-0.25, -0.2) is 14.8 Å². The van der Waals surface area contributed by atoms with Crippen LogP contribution < -0.4 is 10.6 Å². The summed E-state index contributed by atoms with van der Waals surface area (Å²) in [6.07, 6.45) is 2.57. The first-order chi connectivity index (χ1) is 10.1. The van der Waals surface area contributed by atoms with Gasteiger partial charge in [0, 0.05) is 22.9 Å². The topological polar surface area (TPSA) is 66.9 Å². The van der Waals surface area contributed by atoms with E-state index in [1.165, 1.54) is 0 Å². The van der Waals surface area contributed by atoms with Crippen molar-refractivity contribution >= 4 is 28.7 Å². The van der Waals surface area contributed by atoms with Crippen molar-refractivity contribution in [1.29, 1.82) is 0 Å². The van der Waals surface area contributed by atoms with E-state index in [2.05, 4.69) is 34.4 Å². The van der Waals surface area contributed by atoms with Crippen molar-refractivity contribution in [3.63, 3.8) is 0 Å². The molecule has 0 aliphatic heterocycles. The summed E-state index contributed by atoms with van der Waals surface area (Å²) in [6.45, 7) is 6.70. The molecular formula is C14H20N4OS2. The minimum atomic E-state index is -0.184. The number of nitrogens with one attached hydrogen (secondary N) is 2. The molecule has 2 amide bonds. The summed E-state index contributed by atoms with van der Waals surface area (Å²) in [5.41, 5.74) is 0.904. The number of aromatic nitrogens is 2. The van der Waals surface area contributed by atoms with Crippen molar-refractivity contribution in [2.75, 3.05) is 0 Å². The van der Waals surface area contributed by atoms with E-state index in [0.717, 1.165) is 22.1 Å². The van der Waals surface area contributed by atoms with E-state index in [-0.39, 0.29) is 12.1 Å². The molecule has 5 nitrogen and oxygen atoms in total. The Hall–Kier alpha value is -1.47. The number of hydrogen-bond acceptors (Lipinski definition) is 5. The molecule has 0 aliphatic carbocycles. The fraction of sp³-hybridized carbons (Fsp3) is 0.500. The third-order valence-electron chi connectivity index (χ3n) is 2.96. The maximum Gasteiger partial charge on any atom is 0.315 e. The highest BCUT2D eigenvalue weighted by Crippen LogP contribution is 2.20. The molecule has 0 saturated carbocycles. The van der Waals surface area contributed by atoms with E-state index >= 15 is 0 Å². The molecule has 0 aliphatic rings. The molecule has 2 aromatic rings. The first-order valence-corrected chi connectivity index (χ1v) is 8.74. The summed E-state index contributed by atoms with van der Waals surface area (Å²) >= 11 is 3.19. The SMILES string of the molecule is CC[C@@H](NC(=O)NCc1csc(C(C)C)n1)c1nccs1. The fourth-order valence-electron chi connectivity index (χ4n) is 1.79. The Labute approximate surface area is 132 Å². The van der Waals surface area contributed by atoms with Crippen LogP contribution in [0.3, 0.4) is 0 Å². The van der Waals surface area contributed by atoms with Crippen LogP contribution in [0.5, 0.6) is 0 Å². The Bertz CT molecular complexity index is 565. The second-order valence-electron chi connectivity index (χ2n) is 4.99. The van der Waals surface area contributed by atoms with Crippen LogP contribution >= 0.6 is 22.7 Å². The second kappa shape index (κ2) is 7.51. The lowest BCUT2D eigenvalue weighted by atomic mass is 10.2. The predicted molar refractivity (Wildman–Crippen MR) is 86.7 cm³/mol. The van der Waals surface area contributed by atoms with Gasteiger partial charge in [-0.05, 0) is 6.42 Å². The van der Waals surface area contributed by atoms with Crippen LogP contribution in [0, 0.1) is 0 Å². The zero-order chi connectivity index (χ0) is 15.2. The predicted octanol–water partition coefficient (Wildman–Crippen LogP) is 3.67. The zero-order valence-corrected chi connectivity index (χ0v) is 14.1. The number of rotatable bonds is 6. The number of urea groups is 1. The van der Waals surface area contributed by atoms with E-state index in [1.807, 2.05) is 17.7 Å². The maximum atomic E-state index is 12.0. The average molecular weight is 324 g/mol. The number of nitrogens with zero attached hydrogens (tertiary/aromatic N) is 2. The van der Waals surface area contributed by atoms with Gasteiger partial charge in [-0.1, -0.05) is 20.8 Å². The van der Waals surface area contributed by atoms with Crippen LogP contribution in [-0.2, 0) is 6.54 Å². The van der Waals surface area contributed by atoms with Gasteiger partial charge in [0.2, 0.25) is 0 Å². The third kappa shape index (κ3) is 4.50. The summed E-state index contributed by atoms with van der Waals surface area (Å²) < 4.78 is 0. The molecule has 0 radical (unpaired) electrons. The van der Waals surface area contributed by atoms with Gasteiger partial charge in [0.15, 0.2) is 0 Å². The number of carbonyl (C=O) groups excluding carboxylic acids is 1. The highest BCUT2D eigenvalue weighted by molar-refractivity contribution is 7.10. The molecule has 2 N–H and O–H groups in total. The molecule has 2 heterocycles. The van der Waals surface area contributed by atoms with Crippen molar-refractivity contribution in [2.45, 2.75) is 45.7 Å². The van der Waals surface area contributed by atoms with Crippen molar-refractivity contribution in [2.24, 2.45) is 0 Å². The molecule has 0 saturated heterocycles. The third-order valence-corrected chi connectivity index (χ3v) is 5.04. The maximum absolute atomic E-state index is 12.0. The standard InChI is InChI=1S/C14H20N4OS2/c1-4-11(13-15-5-6-20-13)18-14(19)16-7-10-8-21-12(17-10)9(2)3/h5-6,8-9,11H,4,7H2,1-3H3,(H2,16,18,19)/t11-/m1/s1. The lowest BCUT2D eigenvalue weighted by molar-refractivity contribution is 0.236. The van der Waals surface area contributed by atoms with E-state index in [1.54, 1.807) is 28.9 Å². The van der Waals surface area contributed by atoms with Crippen LogP contribution in [-0.4, -0.2) is 16.0 Å². The summed E-state index contributed by atoms with van der Waals surface area (Å²) in [7, 11) is 0. The minimum Gasteiger partial charge on any atom is -0.332 e. The summed E-state index contributed by atoms with van der Waals surface area (Å²) in [5, 5.41) is 11.7. The van der Waals surface area contributed by atoms with Crippen LogP contribution in [0.25, 0.3) is 0 Å². The number of carbonyl (C=O) groups is 1. The van der Waals surface area contributed by atoms with E-state index < -0.39 is 0 Å². The van der Waals surface area contributed by atoms with Gasteiger partial charge in [-0.2, -0.15) is 0 Å². The molecule has 1 atom stereocenters. The molecule has 2 aromatic heterocycles. The first-order valence-electron chi connectivity index (χ1n) is 6.98. The molecule has 114 valence electrons. The van der Waals surface area contributed by atoms with Crippen molar-refractivity contribution in [3.8, 4) is 0 Å². The lowest BCUT2D eigenvalue weighted by Crippen LogP contribution is -2.37. The van der Waals surface area contributed by atoms with Gasteiger partial charge < -0.3 is 10.6 Å². The van der Waals surface area contributed by atoms with Gasteiger partial charge in [0.25, 0.3) is 0 Å². The Morgan fingerprint density at radius 2 is 2.14 bits per heavy atom. The zero-order valence-electron chi connectivity index (χ0n) is 12.4. The largest absolute Gasteiger partial charge is 0.332 e. The molecule has 21 heavy (non-hydrogen) atoms. The van der Waals surface area contributed by atoms with Gasteiger partial charge in [0.05, 0.1) is 23.3 Å². The van der Waals surface area contributed by atoms with Crippen LogP contribution in [0.4, 0.5) is 4.79 Å². The lowest BCUT2D eigenvalue weighted by Gasteiger charge is -2.14. The normalized spacial score (nSPS) is 12.4. The Balaban J connectivity index is 1.83. The minimum absolute atomic E-state index is 0.0355. The Morgan fingerprint density at radius 3 is 2.71 bits per heavy atom. The van der Waals surface area contributed by atoms with E-state index in [4.69, 9.17) is 0 Å². The van der Waals surface area contributed by atoms with Crippen molar-refractivity contribution in [3.05, 3.63) is 32.7 Å². The van der Waals surface area contributed by atoms with Gasteiger partial charge in [-0.3, -0.25) is 0 Å². The first kappa shape index (κ1) is 15.9. The summed E-state index contributed by atoms with van der Waals surface area (Å²) in [6, 6.07) is -0.220. The molecule has 0 unspecified atom stereocenters. The number of thiazole rings is 2. The summed E-state index contributed by atoms with van der Waals surface area (Å²) in [4.78, 5) is 20.7. The molecule has 0 bridgehead atoms. The highest BCUT2D eigenvalue weighted by atomic mass is 32.1. The smallest absolute Gasteiger partial charge is 0.315 e. The highest BCUT2D eigenvalue weighted by Gasteiger charge is 2.15. The average Bonchev–Trinajstić information content (AvgIpc) is 3.13. The summed E-state index contributed by atoms with van der Waals surface area (Å²) in [5.74, 6) is 0.423. The monoisotopic (exact) mass is 324 g/mol. The van der Waals surface area contributed by atoms with Crippen molar-refractivity contribution < 1.29 is 4.79 Å². The fourth-order valence-corrected chi connectivity index (χ4v) is 3.40. The quantitative estimate of drug-likeness (QED) is 0.852. The Kier molecular flexibility index (Phi) is 5.69. The van der Waals surface area contributed by atoms with Crippen LogP contribution in [0.15, 0.2) is 17.0 Å². The molecule has 0 fully saturated rings. The van der Waals surface area contributed by atoms with Crippen molar-refractivity contribution in [1.82, 2.24) is 20.6 Å². The van der Waals surface area contributed by atoms with Gasteiger partial charge >= 0.3 is 6.03 Å². The molecule has 7 heteroatoms. The van der Waals surface area contributed by atoms with Gasteiger partial charge in [0.1, 0.15) is 5.01 Å². The van der Waals surface area contributed by atoms with Crippen LogP contribution in [0.1, 0.15) is 54.9 Å². The Morgan fingerprint density at radius 1 is 1.33 bits per heavy atom. The van der Waals surface area contributed by atoms with Gasteiger partial charge in [-0.15, -0.1) is 22.7 Å². The molecule has 0 spiro atoms. The second-order valence-corrected chi connectivity index (χ2v) is 6.81. The molecular weight excluding hydrogens is 304 g/mol. The molecule has 0 aromatic carbocycles. The number of hydrogen-bond donors (Lipinski definition) is 2. The number of amides is 2. The van der Waals surface area contributed by atoms with Crippen LogP contribution in [0.2, 0.25) is 0 Å².